The summed E-state index contributed by atoms with van der Waals surface area (Å²) in [5.74, 6) is 0. The minimum Gasteiger partial charge on any atom is -0.444 e. The van der Waals surface area contributed by atoms with Crippen LogP contribution in [0.5, 0.6) is 0 Å². The third kappa shape index (κ3) is 4.81. The molecular weight excluding hydrogens is 194 g/mol. The van der Waals surface area contributed by atoms with Gasteiger partial charge in [0.1, 0.15) is 11.9 Å². The van der Waals surface area contributed by atoms with Gasteiger partial charge in [0.15, 0.2) is 0 Å². The molecule has 0 atom stereocenters. The maximum absolute atomic E-state index is 11.5. The number of alkyl carbamates (subject to hydrolysis) is 1. The SMILES string of the molecule is CCC(C=O)(CC)NC(=O)OC(C)(C)C. The summed E-state index contributed by atoms with van der Waals surface area (Å²) in [5, 5.41) is 2.61. The Bertz CT molecular complexity index is 226. The number of amides is 1. The number of ether oxygens (including phenoxy) is 1. The zero-order chi connectivity index (χ0) is 12.1. The Balaban J connectivity index is 4.43. The molecule has 0 aromatic heterocycles. The Morgan fingerprint density at radius 1 is 1.27 bits per heavy atom. The van der Waals surface area contributed by atoms with Gasteiger partial charge >= 0.3 is 6.09 Å². The largest absolute Gasteiger partial charge is 0.444 e. The summed E-state index contributed by atoms with van der Waals surface area (Å²) in [7, 11) is 0. The van der Waals surface area contributed by atoms with E-state index in [2.05, 4.69) is 5.32 Å². The molecule has 0 bridgehead atoms. The summed E-state index contributed by atoms with van der Waals surface area (Å²) in [5.41, 5.74) is -1.33. The van der Waals surface area contributed by atoms with Gasteiger partial charge in [-0.25, -0.2) is 4.79 Å². The van der Waals surface area contributed by atoms with Crippen LogP contribution in [0.2, 0.25) is 0 Å². The lowest BCUT2D eigenvalue weighted by molar-refractivity contribution is -0.113. The van der Waals surface area contributed by atoms with E-state index in [1.54, 1.807) is 20.8 Å². The zero-order valence-corrected chi connectivity index (χ0v) is 10.2. The molecule has 4 heteroatoms. The van der Waals surface area contributed by atoms with Gasteiger partial charge in [-0.15, -0.1) is 0 Å². The van der Waals surface area contributed by atoms with Crippen LogP contribution in [-0.4, -0.2) is 23.5 Å². The van der Waals surface area contributed by atoms with E-state index in [1.807, 2.05) is 13.8 Å². The van der Waals surface area contributed by atoms with E-state index < -0.39 is 17.2 Å². The highest BCUT2D eigenvalue weighted by Gasteiger charge is 2.29. The van der Waals surface area contributed by atoms with Crippen LogP contribution in [0.25, 0.3) is 0 Å². The Morgan fingerprint density at radius 3 is 2.00 bits per heavy atom. The average molecular weight is 215 g/mol. The molecule has 0 spiro atoms. The number of carbonyl (C=O) groups is 2. The molecular formula is C11H21NO3. The highest BCUT2D eigenvalue weighted by Crippen LogP contribution is 2.14. The maximum Gasteiger partial charge on any atom is 0.408 e. The van der Waals surface area contributed by atoms with Crippen molar-refractivity contribution in [1.29, 1.82) is 0 Å². The molecule has 0 fully saturated rings. The van der Waals surface area contributed by atoms with Crippen LogP contribution in [0.4, 0.5) is 4.79 Å². The van der Waals surface area contributed by atoms with Crippen molar-refractivity contribution in [2.75, 3.05) is 0 Å². The molecule has 0 aliphatic rings. The first-order valence-corrected chi connectivity index (χ1v) is 5.26. The normalized spacial score (nSPS) is 12.1. The van der Waals surface area contributed by atoms with Crippen LogP contribution in [0, 0.1) is 0 Å². The molecule has 0 heterocycles. The molecule has 88 valence electrons. The molecule has 0 unspecified atom stereocenters. The second-order valence-corrected chi connectivity index (χ2v) is 4.61. The summed E-state index contributed by atoms with van der Waals surface area (Å²) in [4.78, 5) is 22.4. The van der Waals surface area contributed by atoms with Gasteiger partial charge in [-0.05, 0) is 33.6 Å². The molecule has 0 saturated carbocycles. The average Bonchev–Trinajstić information content (AvgIpc) is 2.11. The number of hydrogen-bond donors (Lipinski definition) is 1. The van der Waals surface area contributed by atoms with Gasteiger partial charge in [0.25, 0.3) is 0 Å². The standard InChI is InChI=1S/C11H21NO3/c1-6-11(7-2,8-13)12-9(14)15-10(3,4)5/h8H,6-7H2,1-5H3,(H,12,14). The van der Waals surface area contributed by atoms with Crippen LogP contribution in [0.15, 0.2) is 0 Å². The van der Waals surface area contributed by atoms with Gasteiger partial charge in [-0.1, -0.05) is 13.8 Å². The number of hydrogen-bond acceptors (Lipinski definition) is 3. The molecule has 0 radical (unpaired) electrons. The summed E-state index contributed by atoms with van der Waals surface area (Å²) in [6.45, 7) is 9.07. The molecule has 0 aliphatic heterocycles. The first-order chi connectivity index (χ1) is 6.78. The van der Waals surface area contributed by atoms with Gasteiger partial charge in [-0.3, -0.25) is 0 Å². The van der Waals surface area contributed by atoms with Crippen molar-refractivity contribution in [1.82, 2.24) is 5.32 Å². The van der Waals surface area contributed by atoms with Crippen molar-refractivity contribution in [3.63, 3.8) is 0 Å². The van der Waals surface area contributed by atoms with Crippen LogP contribution in [-0.2, 0) is 9.53 Å². The molecule has 0 aromatic rings. The predicted molar refractivity (Wildman–Crippen MR) is 58.7 cm³/mol. The highest BCUT2D eigenvalue weighted by molar-refractivity contribution is 5.76. The summed E-state index contributed by atoms with van der Waals surface area (Å²) < 4.78 is 5.09. The van der Waals surface area contributed by atoms with Gasteiger partial charge in [0, 0.05) is 0 Å². The van der Waals surface area contributed by atoms with E-state index >= 15 is 0 Å². The molecule has 1 amide bonds. The monoisotopic (exact) mass is 215 g/mol. The van der Waals surface area contributed by atoms with E-state index in [1.165, 1.54) is 0 Å². The van der Waals surface area contributed by atoms with E-state index in [0.29, 0.717) is 12.8 Å². The lowest BCUT2D eigenvalue weighted by atomic mass is 9.95. The van der Waals surface area contributed by atoms with Crippen molar-refractivity contribution < 1.29 is 14.3 Å². The number of nitrogens with one attached hydrogen (secondary N) is 1. The molecule has 15 heavy (non-hydrogen) atoms. The lowest BCUT2D eigenvalue weighted by Gasteiger charge is -2.28. The summed E-state index contributed by atoms with van der Waals surface area (Å²) >= 11 is 0. The Labute approximate surface area is 91.4 Å². The van der Waals surface area contributed by atoms with Crippen molar-refractivity contribution in [3.05, 3.63) is 0 Å². The molecule has 0 aliphatic carbocycles. The fraction of sp³-hybridized carbons (Fsp3) is 0.818. The summed E-state index contributed by atoms with van der Waals surface area (Å²) in [6.07, 6.45) is 1.35. The Hall–Kier alpha value is -1.06. The second-order valence-electron chi connectivity index (χ2n) is 4.61. The van der Waals surface area contributed by atoms with Gasteiger partial charge in [-0.2, -0.15) is 0 Å². The molecule has 0 aromatic carbocycles. The summed E-state index contributed by atoms with van der Waals surface area (Å²) in [6, 6.07) is 0. The molecule has 4 nitrogen and oxygen atoms in total. The van der Waals surface area contributed by atoms with Gasteiger partial charge in [0.05, 0.1) is 5.54 Å². The number of aldehydes is 1. The first-order valence-electron chi connectivity index (χ1n) is 5.26. The first kappa shape index (κ1) is 13.9. The van der Waals surface area contributed by atoms with Crippen LogP contribution in [0.1, 0.15) is 47.5 Å². The lowest BCUT2D eigenvalue weighted by Crippen LogP contribution is -2.50. The van der Waals surface area contributed by atoms with Crippen molar-refractivity contribution in [2.45, 2.75) is 58.6 Å². The smallest absolute Gasteiger partial charge is 0.408 e. The van der Waals surface area contributed by atoms with E-state index in [-0.39, 0.29) is 0 Å². The quantitative estimate of drug-likeness (QED) is 0.732. The minimum atomic E-state index is -0.789. The zero-order valence-electron chi connectivity index (χ0n) is 10.2. The van der Waals surface area contributed by atoms with Crippen LogP contribution in [0.3, 0.4) is 0 Å². The van der Waals surface area contributed by atoms with Crippen molar-refractivity contribution >= 4 is 12.4 Å². The second kappa shape index (κ2) is 5.14. The van der Waals surface area contributed by atoms with Crippen LogP contribution < -0.4 is 5.32 Å². The Kier molecular flexibility index (Phi) is 4.78. The van der Waals surface area contributed by atoms with Crippen molar-refractivity contribution in [3.8, 4) is 0 Å². The number of rotatable bonds is 4. The van der Waals surface area contributed by atoms with E-state index in [9.17, 15) is 9.59 Å². The van der Waals surface area contributed by atoms with E-state index in [0.717, 1.165) is 6.29 Å². The molecule has 0 rings (SSSR count). The fourth-order valence-corrected chi connectivity index (χ4v) is 1.13. The minimum absolute atomic E-state index is 0.541. The number of carbonyl (C=O) groups excluding carboxylic acids is 2. The van der Waals surface area contributed by atoms with E-state index in [4.69, 9.17) is 4.74 Å². The third-order valence-electron chi connectivity index (χ3n) is 2.24. The fourth-order valence-electron chi connectivity index (χ4n) is 1.13. The van der Waals surface area contributed by atoms with Crippen LogP contribution >= 0.6 is 0 Å². The van der Waals surface area contributed by atoms with Crippen molar-refractivity contribution in [2.24, 2.45) is 0 Å². The molecule has 0 saturated heterocycles. The Morgan fingerprint density at radius 2 is 1.73 bits per heavy atom. The van der Waals surface area contributed by atoms with Gasteiger partial charge < -0.3 is 14.8 Å². The highest BCUT2D eigenvalue weighted by atomic mass is 16.6. The topological polar surface area (TPSA) is 55.4 Å². The predicted octanol–water partition coefficient (Wildman–Crippen LogP) is 2.27. The van der Waals surface area contributed by atoms with Gasteiger partial charge in [0.2, 0.25) is 0 Å². The third-order valence-corrected chi connectivity index (χ3v) is 2.24. The molecule has 1 N–H and O–H groups in total. The maximum atomic E-state index is 11.5.